The van der Waals surface area contributed by atoms with Gasteiger partial charge < -0.3 is 16.3 Å². The lowest BCUT2D eigenvalue weighted by atomic mass is 9.80. The Morgan fingerprint density at radius 2 is 2.10 bits per heavy atom. The van der Waals surface area contributed by atoms with E-state index in [-0.39, 0.29) is 11.7 Å². The van der Waals surface area contributed by atoms with E-state index >= 15 is 0 Å². The van der Waals surface area contributed by atoms with Crippen molar-refractivity contribution < 1.29 is 10.0 Å². The van der Waals surface area contributed by atoms with Crippen molar-refractivity contribution in [2.75, 3.05) is 6.54 Å². The van der Waals surface area contributed by atoms with Crippen molar-refractivity contribution in [2.24, 2.45) is 22.7 Å². The molecule has 4 N–H and O–H groups in total. The summed E-state index contributed by atoms with van der Waals surface area (Å²) in [7, 11) is 0. The fourth-order valence-electron chi connectivity index (χ4n) is 2.90. The molecule has 0 saturated heterocycles. The Kier molecular flexibility index (Phi) is 5.20. The van der Waals surface area contributed by atoms with Gasteiger partial charge in [0.15, 0.2) is 5.84 Å². The van der Waals surface area contributed by atoms with E-state index in [1.807, 2.05) is 0 Å². The number of carbonyl (C=O) groups is 1. The van der Waals surface area contributed by atoms with Crippen molar-refractivity contribution in [1.29, 1.82) is 0 Å². The molecule has 0 bridgehead atoms. The Labute approximate surface area is 125 Å². The molecule has 21 heavy (non-hydrogen) atoms. The highest BCUT2D eigenvalue weighted by Gasteiger charge is 2.21. The third kappa shape index (κ3) is 3.97. The summed E-state index contributed by atoms with van der Waals surface area (Å²) in [4.78, 5) is 12.2. The first-order chi connectivity index (χ1) is 10.1. The van der Waals surface area contributed by atoms with Gasteiger partial charge in [-0.3, -0.25) is 4.79 Å². The molecule has 2 unspecified atom stereocenters. The first kappa shape index (κ1) is 15.4. The summed E-state index contributed by atoms with van der Waals surface area (Å²) in [5, 5.41) is 14.6. The van der Waals surface area contributed by atoms with Gasteiger partial charge in [-0.05, 0) is 30.4 Å². The number of amides is 1. The van der Waals surface area contributed by atoms with Crippen LogP contribution in [0.1, 0.15) is 48.5 Å². The van der Waals surface area contributed by atoms with Crippen molar-refractivity contribution in [3.63, 3.8) is 0 Å². The van der Waals surface area contributed by atoms with Crippen molar-refractivity contribution in [3.8, 4) is 0 Å². The van der Waals surface area contributed by atoms with Crippen LogP contribution in [0.5, 0.6) is 0 Å². The largest absolute Gasteiger partial charge is 0.409 e. The van der Waals surface area contributed by atoms with Gasteiger partial charge in [-0.15, -0.1) is 0 Å². The number of nitrogens with one attached hydrogen (secondary N) is 1. The third-order valence-electron chi connectivity index (χ3n) is 4.34. The van der Waals surface area contributed by atoms with Gasteiger partial charge in [-0.2, -0.15) is 0 Å². The normalized spacial score (nSPS) is 22.8. The molecule has 5 heteroatoms. The number of nitrogens with two attached hydrogens (primary N) is 1. The van der Waals surface area contributed by atoms with Gasteiger partial charge in [-0.25, -0.2) is 0 Å². The zero-order chi connectivity index (χ0) is 15.2. The minimum atomic E-state index is -0.111. The number of oxime groups is 1. The Hall–Kier alpha value is -2.04. The monoisotopic (exact) mass is 289 g/mol. The van der Waals surface area contributed by atoms with Gasteiger partial charge in [0, 0.05) is 17.7 Å². The second kappa shape index (κ2) is 7.11. The highest BCUT2D eigenvalue weighted by molar-refractivity contribution is 6.01. The second-order valence-electron chi connectivity index (χ2n) is 5.80. The SMILES string of the molecule is CC1CCCCC1CNC(=O)c1cccc(C(N)=NO)c1. The smallest absolute Gasteiger partial charge is 0.251 e. The van der Waals surface area contributed by atoms with Crippen LogP contribution in [0.2, 0.25) is 0 Å². The van der Waals surface area contributed by atoms with Gasteiger partial charge in [0.2, 0.25) is 0 Å². The summed E-state index contributed by atoms with van der Waals surface area (Å²) in [6, 6.07) is 6.79. The number of benzene rings is 1. The number of amidine groups is 1. The van der Waals surface area contributed by atoms with Crippen molar-refractivity contribution >= 4 is 11.7 Å². The molecule has 0 radical (unpaired) electrons. The molecule has 0 heterocycles. The molecule has 1 aliphatic carbocycles. The van der Waals surface area contributed by atoms with E-state index in [1.54, 1.807) is 24.3 Å². The Balaban J connectivity index is 1.97. The van der Waals surface area contributed by atoms with Gasteiger partial charge in [0.05, 0.1) is 0 Å². The summed E-state index contributed by atoms with van der Waals surface area (Å²) in [6.07, 6.45) is 4.99. The van der Waals surface area contributed by atoms with E-state index in [2.05, 4.69) is 17.4 Å². The Bertz CT molecular complexity index is 528. The zero-order valence-corrected chi connectivity index (χ0v) is 12.4. The molecule has 114 valence electrons. The highest BCUT2D eigenvalue weighted by atomic mass is 16.4. The number of rotatable bonds is 4. The van der Waals surface area contributed by atoms with Crippen LogP contribution in [0.4, 0.5) is 0 Å². The topological polar surface area (TPSA) is 87.7 Å². The van der Waals surface area contributed by atoms with Gasteiger partial charge in [0.1, 0.15) is 0 Å². The molecule has 5 nitrogen and oxygen atoms in total. The minimum absolute atomic E-state index is 0.00514. The van der Waals surface area contributed by atoms with Crippen LogP contribution in [-0.2, 0) is 0 Å². The van der Waals surface area contributed by atoms with E-state index in [0.29, 0.717) is 29.5 Å². The molecule has 1 amide bonds. The molecular formula is C16H23N3O2. The fraction of sp³-hybridized carbons (Fsp3) is 0.500. The number of hydrogen-bond acceptors (Lipinski definition) is 3. The lowest BCUT2D eigenvalue weighted by Crippen LogP contribution is -2.33. The van der Waals surface area contributed by atoms with E-state index in [9.17, 15) is 4.79 Å². The molecule has 1 aliphatic rings. The van der Waals surface area contributed by atoms with Gasteiger partial charge in [0.25, 0.3) is 5.91 Å². The van der Waals surface area contributed by atoms with Crippen LogP contribution in [0, 0.1) is 11.8 Å². The predicted molar refractivity (Wildman–Crippen MR) is 82.4 cm³/mol. The van der Waals surface area contributed by atoms with Crippen LogP contribution in [0.15, 0.2) is 29.4 Å². The van der Waals surface area contributed by atoms with Gasteiger partial charge >= 0.3 is 0 Å². The molecule has 1 saturated carbocycles. The minimum Gasteiger partial charge on any atom is -0.409 e. The molecule has 0 spiro atoms. The number of nitrogens with zero attached hydrogens (tertiary/aromatic N) is 1. The molecular weight excluding hydrogens is 266 g/mol. The van der Waals surface area contributed by atoms with Crippen molar-refractivity contribution in [2.45, 2.75) is 32.6 Å². The maximum atomic E-state index is 12.2. The maximum Gasteiger partial charge on any atom is 0.251 e. The summed E-state index contributed by atoms with van der Waals surface area (Å²) in [5.41, 5.74) is 6.61. The van der Waals surface area contributed by atoms with Crippen LogP contribution in [0.25, 0.3) is 0 Å². The van der Waals surface area contributed by atoms with Crippen LogP contribution in [-0.4, -0.2) is 23.5 Å². The standard InChI is InChI=1S/C16H23N3O2/c1-11-5-2-3-6-14(11)10-18-16(20)13-8-4-7-12(9-13)15(17)19-21/h4,7-9,11,14,21H,2-3,5-6,10H2,1H3,(H2,17,19)(H,18,20). The number of hydrogen-bond donors (Lipinski definition) is 3. The maximum absolute atomic E-state index is 12.2. The molecule has 2 atom stereocenters. The van der Waals surface area contributed by atoms with Gasteiger partial charge in [-0.1, -0.05) is 43.5 Å². The van der Waals surface area contributed by atoms with Crippen LogP contribution < -0.4 is 11.1 Å². The molecule has 0 aliphatic heterocycles. The molecule has 2 rings (SSSR count). The fourth-order valence-corrected chi connectivity index (χ4v) is 2.90. The Morgan fingerprint density at radius 3 is 2.81 bits per heavy atom. The summed E-state index contributed by atoms with van der Waals surface area (Å²) in [6.45, 7) is 2.98. The highest BCUT2D eigenvalue weighted by Crippen LogP contribution is 2.28. The lowest BCUT2D eigenvalue weighted by molar-refractivity contribution is 0.0936. The predicted octanol–water partition coefficient (Wildman–Crippen LogP) is 2.34. The average molecular weight is 289 g/mol. The molecule has 1 fully saturated rings. The molecule has 0 aromatic heterocycles. The van der Waals surface area contributed by atoms with E-state index in [0.717, 1.165) is 0 Å². The number of carbonyl (C=O) groups excluding carboxylic acids is 1. The van der Waals surface area contributed by atoms with E-state index < -0.39 is 0 Å². The average Bonchev–Trinajstić information content (AvgIpc) is 2.53. The molecule has 1 aromatic carbocycles. The summed E-state index contributed by atoms with van der Waals surface area (Å²) < 4.78 is 0. The third-order valence-corrected chi connectivity index (χ3v) is 4.34. The first-order valence-corrected chi connectivity index (χ1v) is 7.48. The first-order valence-electron chi connectivity index (χ1n) is 7.48. The van der Waals surface area contributed by atoms with Crippen molar-refractivity contribution in [1.82, 2.24) is 5.32 Å². The van der Waals surface area contributed by atoms with Crippen LogP contribution in [0.3, 0.4) is 0 Å². The van der Waals surface area contributed by atoms with E-state index in [1.165, 1.54) is 25.7 Å². The summed E-state index contributed by atoms with van der Waals surface area (Å²) in [5.74, 6) is 1.13. The second-order valence-corrected chi connectivity index (χ2v) is 5.80. The zero-order valence-electron chi connectivity index (χ0n) is 12.4. The Morgan fingerprint density at radius 1 is 1.38 bits per heavy atom. The lowest BCUT2D eigenvalue weighted by Gasteiger charge is -2.28. The van der Waals surface area contributed by atoms with Crippen LogP contribution >= 0.6 is 0 Å². The van der Waals surface area contributed by atoms with E-state index in [4.69, 9.17) is 10.9 Å². The summed E-state index contributed by atoms with van der Waals surface area (Å²) >= 11 is 0. The quantitative estimate of drug-likeness (QED) is 0.344. The molecule has 1 aromatic rings. The van der Waals surface area contributed by atoms with Crippen molar-refractivity contribution in [3.05, 3.63) is 35.4 Å².